The van der Waals surface area contributed by atoms with Crippen LogP contribution in [0.4, 0.5) is 10.1 Å². The van der Waals surface area contributed by atoms with E-state index >= 15 is 0 Å². The summed E-state index contributed by atoms with van der Waals surface area (Å²) in [6.07, 6.45) is 0. The second-order valence-corrected chi connectivity index (χ2v) is 4.80. The average molecular weight is 267 g/mol. The van der Waals surface area contributed by atoms with Crippen LogP contribution < -0.4 is 16.0 Å². The molecule has 0 aliphatic heterocycles. The Morgan fingerprint density at radius 3 is 2.63 bits per heavy atom. The number of nitrogens with zero attached hydrogens (tertiary/aromatic N) is 1. The van der Waals surface area contributed by atoms with E-state index in [2.05, 4.69) is 5.32 Å². The van der Waals surface area contributed by atoms with E-state index in [9.17, 15) is 9.18 Å². The van der Waals surface area contributed by atoms with Gasteiger partial charge in [-0.1, -0.05) is 19.9 Å². The van der Waals surface area contributed by atoms with Crippen molar-refractivity contribution in [3.8, 4) is 0 Å². The van der Waals surface area contributed by atoms with Crippen LogP contribution in [0.25, 0.3) is 0 Å². The zero-order chi connectivity index (χ0) is 14.4. The molecular weight excluding hydrogens is 245 g/mol. The molecule has 0 aliphatic rings. The number of halogens is 1. The number of amides is 1. The lowest BCUT2D eigenvalue weighted by Crippen LogP contribution is -2.34. The van der Waals surface area contributed by atoms with Crippen LogP contribution in [0, 0.1) is 5.82 Å². The highest BCUT2D eigenvalue weighted by Crippen LogP contribution is 2.20. The van der Waals surface area contributed by atoms with Gasteiger partial charge in [-0.2, -0.15) is 0 Å². The number of likely N-dealkylation sites (N-methyl/N-ethyl adjacent to an activating group) is 1. The third-order valence-corrected chi connectivity index (χ3v) is 2.80. The summed E-state index contributed by atoms with van der Waals surface area (Å²) in [6.45, 7) is 7.11. The Morgan fingerprint density at radius 1 is 1.47 bits per heavy atom. The van der Waals surface area contributed by atoms with Crippen LogP contribution in [0.15, 0.2) is 18.2 Å². The Hall–Kier alpha value is -1.62. The molecule has 0 aliphatic carbocycles. The monoisotopic (exact) mass is 267 g/mol. The quantitative estimate of drug-likeness (QED) is 0.789. The van der Waals surface area contributed by atoms with Crippen LogP contribution in [-0.4, -0.2) is 25.0 Å². The number of carbonyl (C=O) groups is 1. The zero-order valence-corrected chi connectivity index (χ0v) is 11.7. The highest BCUT2D eigenvalue weighted by atomic mass is 19.1. The summed E-state index contributed by atoms with van der Waals surface area (Å²) in [4.78, 5) is 12.6. The first kappa shape index (κ1) is 15.4. The van der Waals surface area contributed by atoms with Gasteiger partial charge in [0, 0.05) is 19.1 Å². The lowest BCUT2D eigenvalue weighted by Gasteiger charge is -2.22. The Balaban J connectivity index is 2.83. The standard InChI is InChI=1S/C14H22FN3O/c1-4-18(9-14(16)19)13-6-5-11(7-12(13)15)8-17-10(2)3/h5-7,10,17H,4,8-9H2,1-3H3,(H2,16,19). The smallest absolute Gasteiger partial charge is 0.236 e. The highest BCUT2D eigenvalue weighted by Gasteiger charge is 2.12. The van der Waals surface area contributed by atoms with Crippen molar-refractivity contribution in [2.45, 2.75) is 33.4 Å². The molecule has 0 heterocycles. The molecule has 0 radical (unpaired) electrons. The van der Waals surface area contributed by atoms with Crippen LogP contribution in [0.3, 0.4) is 0 Å². The Labute approximate surface area is 113 Å². The largest absolute Gasteiger partial charge is 0.368 e. The van der Waals surface area contributed by atoms with Gasteiger partial charge in [-0.15, -0.1) is 0 Å². The van der Waals surface area contributed by atoms with Gasteiger partial charge in [-0.25, -0.2) is 4.39 Å². The van der Waals surface area contributed by atoms with Gasteiger partial charge in [0.15, 0.2) is 0 Å². The topological polar surface area (TPSA) is 58.4 Å². The summed E-state index contributed by atoms with van der Waals surface area (Å²) in [5, 5.41) is 3.23. The molecule has 0 unspecified atom stereocenters. The molecule has 106 valence electrons. The van der Waals surface area contributed by atoms with E-state index in [1.54, 1.807) is 11.0 Å². The first-order chi connectivity index (χ1) is 8.93. The van der Waals surface area contributed by atoms with Crippen molar-refractivity contribution in [3.63, 3.8) is 0 Å². The fourth-order valence-corrected chi connectivity index (χ4v) is 1.79. The molecule has 1 rings (SSSR count). The number of carbonyl (C=O) groups excluding carboxylic acids is 1. The molecule has 1 aromatic rings. The van der Waals surface area contributed by atoms with Crippen molar-refractivity contribution in [2.24, 2.45) is 5.73 Å². The summed E-state index contributed by atoms with van der Waals surface area (Å²) in [5.74, 6) is -0.794. The maximum atomic E-state index is 14.0. The van der Waals surface area contributed by atoms with Gasteiger partial charge < -0.3 is 16.0 Å². The molecule has 19 heavy (non-hydrogen) atoms. The van der Waals surface area contributed by atoms with Crippen LogP contribution in [0.1, 0.15) is 26.3 Å². The summed E-state index contributed by atoms with van der Waals surface area (Å²) < 4.78 is 14.0. The molecule has 0 bridgehead atoms. The van der Waals surface area contributed by atoms with Crippen LogP contribution in [0.5, 0.6) is 0 Å². The minimum absolute atomic E-state index is 0.0248. The molecule has 0 aromatic heterocycles. The van der Waals surface area contributed by atoms with E-state index < -0.39 is 5.91 Å². The van der Waals surface area contributed by atoms with Gasteiger partial charge in [0.2, 0.25) is 5.91 Å². The van der Waals surface area contributed by atoms with Crippen LogP contribution in [-0.2, 0) is 11.3 Å². The normalized spacial score (nSPS) is 10.8. The molecule has 0 saturated heterocycles. The number of nitrogens with one attached hydrogen (secondary N) is 1. The molecule has 0 atom stereocenters. The predicted molar refractivity (Wildman–Crippen MR) is 75.5 cm³/mol. The fourth-order valence-electron chi connectivity index (χ4n) is 1.79. The summed E-state index contributed by atoms with van der Waals surface area (Å²) in [5.41, 5.74) is 6.45. The molecule has 1 aromatic carbocycles. The molecule has 0 saturated carbocycles. The second kappa shape index (κ2) is 7.09. The van der Waals surface area contributed by atoms with E-state index in [-0.39, 0.29) is 12.4 Å². The molecular formula is C14H22FN3O. The SMILES string of the molecule is CCN(CC(N)=O)c1ccc(CNC(C)C)cc1F. The second-order valence-electron chi connectivity index (χ2n) is 4.80. The van der Waals surface area contributed by atoms with Gasteiger partial charge in [0.1, 0.15) is 5.82 Å². The minimum Gasteiger partial charge on any atom is -0.368 e. The molecule has 1 amide bonds. The highest BCUT2D eigenvalue weighted by molar-refractivity contribution is 5.79. The van der Waals surface area contributed by atoms with Crippen LogP contribution >= 0.6 is 0 Å². The first-order valence-electron chi connectivity index (χ1n) is 6.49. The van der Waals surface area contributed by atoms with Gasteiger partial charge in [-0.3, -0.25) is 4.79 Å². The van der Waals surface area contributed by atoms with Crippen molar-refractivity contribution in [3.05, 3.63) is 29.6 Å². The zero-order valence-electron chi connectivity index (χ0n) is 11.7. The third-order valence-electron chi connectivity index (χ3n) is 2.80. The number of primary amides is 1. The lowest BCUT2D eigenvalue weighted by atomic mass is 10.1. The first-order valence-corrected chi connectivity index (χ1v) is 6.49. The number of nitrogens with two attached hydrogens (primary N) is 1. The number of anilines is 1. The Kier molecular flexibility index (Phi) is 5.76. The maximum absolute atomic E-state index is 14.0. The third kappa shape index (κ3) is 4.87. The molecule has 3 N–H and O–H groups in total. The molecule has 5 heteroatoms. The molecule has 0 spiro atoms. The van der Waals surface area contributed by atoms with Gasteiger partial charge in [0.25, 0.3) is 0 Å². The molecule has 4 nitrogen and oxygen atoms in total. The van der Waals surface area contributed by atoms with Crippen molar-refractivity contribution >= 4 is 11.6 Å². The number of hydrogen-bond donors (Lipinski definition) is 2. The van der Waals surface area contributed by atoms with E-state index in [4.69, 9.17) is 5.73 Å². The van der Waals surface area contributed by atoms with Gasteiger partial charge in [-0.05, 0) is 24.6 Å². The van der Waals surface area contributed by atoms with E-state index in [1.807, 2.05) is 26.8 Å². The van der Waals surface area contributed by atoms with Crippen LogP contribution in [0.2, 0.25) is 0 Å². The van der Waals surface area contributed by atoms with E-state index in [0.717, 1.165) is 5.56 Å². The van der Waals surface area contributed by atoms with E-state index in [1.165, 1.54) is 6.07 Å². The van der Waals surface area contributed by atoms with Crippen molar-refractivity contribution in [1.29, 1.82) is 0 Å². The number of rotatable bonds is 7. The summed E-state index contributed by atoms with van der Waals surface area (Å²) >= 11 is 0. The van der Waals surface area contributed by atoms with Gasteiger partial charge in [0.05, 0.1) is 12.2 Å². The lowest BCUT2D eigenvalue weighted by molar-refractivity contribution is -0.116. The van der Waals surface area contributed by atoms with Crippen molar-refractivity contribution < 1.29 is 9.18 Å². The number of benzene rings is 1. The fraction of sp³-hybridized carbons (Fsp3) is 0.500. The van der Waals surface area contributed by atoms with Gasteiger partial charge >= 0.3 is 0 Å². The summed E-state index contributed by atoms with van der Waals surface area (Å²) in [7, 11) is 0. The predicted octanol–water partition coefficient (Wildman–Crippen LogP) is 1.64. The van der Waals surface area contributed by atoms with Crippen molar-refractivity contribution in [1.82, 2.24) is 5.32 Å². The van der Waals surface area contributed by atoms with Crippen molar-refractivity contribution in [2.75, 3.05) is 18.0 Å². The minimum atomic E-state index is -0.466. The Morgan fingerprint density at radius 2 is 2.16 bits per heavy atom. The Bertz CT molecular complexity index is 435. The molecule has 0 fully saturated rings. The average Bonchev–Trinajstić information content (AvgIpc) is 2.33. The summed E-state index contributed by atoms with van der Waals surface area (Å²) in [6, 6.07) is 5.40. The maximum Gasteiger partial charge on any atom is 0.236 e. The van der Waals surface area contributed by atoms with E-state index in [0.29, 0.717) is 24.8 Å². The number of hydrogen-bond acceptors (Lipinski definition) is 3.